The van der Waals surface area contributed by atoms with Gasteiger partial charge in [-0.2, -0.15) is 30.7 Å². The zero-order chi connectivity index (χ0) is 20.8. The van der Waals surface area contributed by atoms with Gasteiger partial charge in [-0.15, -0.1) is 0 Å². The van der Waals surface area contributed by atoms with Crippen LogP contribution >= 0.6 is 43.5 Å². The van der Waals surface area contributed by atoms with Gasteiger partial charge in [0, 0.05) is 19.5 Å². The van der Waals surface area contributed by atoms with Crippen molar-refractivity contribution in [3.8, 4) is 11.1 Å². The Morgan fingerprint density at radius 3 is 1.89 bits per heavy atom. The van der Waals surface area contributed by atoms with E-state index >= 15 is 0 Å². The second-order valence-corrected chi connectivity index (χ2v) is 8.82. The van der Waals surface area contributed by atoms with E-state index in [1.54, 1.807) is 0 Å². The molecule has 2 rings (SSSR count). The van der Waals surface area contributed by atoms with E-state index in [2.05, 4.69) is 31.9 Å². The Bertz CT molecular complexity index is 885. The van der Waals surface area contributed by atoms with E-state index in [1.165, 1.54) is 30.3 Å². The number of rotatable bonds is 4. The molecule has 1 unspecified atom stereocenters. The molecule has 0 aliphatic heterocycles. The summed E-state index contributed by atoms with van der Waals surface area (Å²) in [5.41, 5.74) is -0.0981. The molecule has 0 radical (unpaired) electrons. The molecule has 148 valence electrons. The molecule has 0 N–H and O–H groups in total. The first-order chi connectivity index (χ1) is 12.2. The first-order valence-corrected chi connectivity index (χ1v) is 9.80. The summed E-state index contributed by atoms with van der Waals surface area (Å²) in [6.07, 6.45) is -6.59. The van der Waals surface area contributed by atoms with Gasteiger partial charge in [0.2, 0.25) is 0 Å². The summed E-state index contributed by atoms with van der Waals surface area (Å²) >= 11 is 11.7. The fourth-order valence-corrected chi connectivity index (χ4v) is 5.15. The summed E-state index contributed by atoms with van der Waals surface area (Å²) < 4.78 is 104. The molecular weight excluding hydrogens is 556 g/mol. The van der Waals surface area contributed by atoms with Crippen molar-refractivity contribution in [2.24, 2.45) is 0 Å². The Morgan fingerprint density at radius 2 is 1.41 bits per heavy atom. The molecule has 0 saturated heterocycles. The van der Waals surface area contributed by atoms with Gasteiger partial charge in [-0.25, -0.2) is 4.21 Å². The van der Waals surface area contributed by atoms with Gasteiger partial charge in [-0.1, -0.05) is 55.6 Å². The van der Waals surface area contributed by atoms with Crippen LogP contribution in [-0.4, -0.2) is 21.6 Å². The second-order valence-electron chi connectivity index (χ2n) is 5.13. The van der Waals surface area contributed by atoms with Crippen LogP contribution < -0.4 is 0 Å². The largest absolute Gasteiger partial charge is 0.461 e. The second kappa shape index (κ2) is 7.64. The van der Waals surface area contributed by atoms with Gasteiger partial charge in [0.1, 0.15) is 10.8 Å². The van der Waals surface area contributed by atoms with E-state index in [0.717, 1.165) is 6.07 Å². The Balaban J connectivity index is 2.71. The average molecular weight is 563 g/mol. The normalized spacial score (nSPS) is 14.3. The quantitative estimate of drug-likeness (QED) is 0.355. The minimum absolute atomic E-state index is 0.0431. The molecule has 0 heterocycles. The van der Waals surface area contributed by atoms with Crippen molar-refractivity contribution in [2.75, 3.05) is 0 Å². The molecular formula is C15H6Br2ClF7OS. The molecule has 2 aromatic carbocycles. The molecule has 0 fully saturated rings. The smallest absolute Gasteiger partial charge is 0.248 e. The molecule has 1 nitrogen and oxygen atoms in total. The predicted octanol–water partition coefficient (Wildman–Crippen LogP) is 7.43. The van der Waals surface area contributed by atoms with Gasteiger partial charge in [0.05, 0.1) is 4.90 Å². The van der Waals surface area contributed by atoms with Crippen LogP contribution in [-0.2, 0) is 10.8 Å². The van der Waals surface area contributed by atoms with Crippen LogP contribution in [0.2, 0.25) is 5.02 Å². The minimum atomic E-state index is -6.59. The maximum Gasteiger partial charge on any atom is 0.461 e. The molecule has 1 atom stereocenters. The molecule has 0 bridgehead atoms. The van der Waals surface area contributed by atoms with Crippen molar-refractivity contribution < 1.29 is 34.9 Å². The molecule has 27 heavy (non-hydrogen) atoms. The highest BCUT2D eigenvalue weighted by atomic mass is 79.9. The lowest BCUT2D eigenvalue weighted by Gasteiger charge is -2.28. The Morgan fingerprint density at radius 1 is 0.889 bits per heavy atom. The summed E-state index contributed by atoms with van der Waals surface area (Å²) in [4.78, 5) is -0.910. The number of alkyl halides is 7. The molecule has 0 spiro atoms. The Kier molecular flexibility index (Phi) is 6.41. The number of hydrogen-bond acceptors (Lipinski definition) is 1. The maximum absolute atomic E-state index is 14.0. The summed E-state index contributed by atoms with van der Waals surface area (Å²) in [6.45, 7) is 0. The standard InChI is InChI=1S/C15H6Br2ClF7OS/c16-8-5-10(17)12(7-1-3-9(18)4-2-7)11(6-8)27(26)15(24,25)13(19,20)14(21,22)23/h1-6H. The van der Waals surface area contributed by atoms with Gasteiger partial charge in [-0.3, -0.25) is 0 Å². The summed E-state index contributed by atoms with van der Waals surface area (Å²) in [5, 5.41) is -5.64. The molecule has 0 aromatic heterocycles. The maximum atomic E-state index is 14.0. The van der Waals surface area contributed by atoms with Gasteiger partial charge in [0.25, 0.3) is 0 Å². The van der Waals surface area contributed by atoms with E-state index < -0.39 is 33.0 Å². The van der Waals surface area contributed by atoms with Crippen molar-refractivity contribution in [1.29, 1.82) is 0 Å². The van der Waals surface area contributed by atoms with Crippen LogP contribution in [0.1, 0.15) is 0 Å². The fraction of sp³-hybridized carbons (Fsp3) is 0.200. The van der Waals surface area contributed by atoms with E-state index in [0.29, 0.717) is 0 Å². The van der Waals surface area contributed by atoms with Gasteiger partial charge < -0.3 is 0 Å². The SMILES string of the molecule is O=S(c1cc(Br)cc(Br)c1-c1ccc(Cl)cc1)C(F)(F)C(F)(F)C(F)(F)F. The van der Waals surface area contributed by atoms with Crippen LogP contribution in [0.3, 0.4) is 0 Å². The van der Waals surface area contributed by atoms with Crippen LogP contribution in [0, 0.1) is 0 Å². The van der Waals surface area contributed by atoms with Crippen LogP contribution in [0.15, 0.2) is 50.2 Å². The first kappa shape index (κ1) is 22.6. The summed E-state index contributed by atoms with van der Waals surface area (Å²) in [6, 6.07) is 7.46. The van der Waals surface area contributed by atoms with Crippen molar-refractivity contribution in [3.05, 3.63) is 50.4 Å². The van der Waals surface area contributed by atoms with E-state index in [4.69, 9.17) is 11.6 Å². The highest BCUT2D eigenvalue weighted by Crippen LogP contribution is 2.51. The zero-order valence-corrected chi connectivity index (χ0v) is 17.3. The molecule has 2 aromatic rings. The fourth-order valence-electron chi connectivity index (χ4n) is 2.01. The summed E-state index contributed by atoms with van der Waals surface area (Å²) in [7, 11) is -4.04. The first-order valence-electron chi connectivity index (χ1n) is 6.69. The van der Waals surface area contributed by atoms with Gasteiger partial charge in [-0.05, 0) is 29.8 Å². The summed E-state index contributed by atoms with van der Waals surface area (Å²) in [5.74, 6) is -6.50. The van der Waals surface area contributed by atoms with Crippen LogP contribution in [0.4, 0.5) is 30.7 Å². The number of benzene rings is 2. The topological polar surface area (TPSA) is 17.1 Å². The zero-order valence-electron chi connectivity index (χ0n) is 12.6. The third kappa shape index (κ3) is 4.20. The highest BCUT2D eigenvalue weighted by Gasteiger charge is 2.76. The minimum Gasteiger partial charge on any atom is -0.248 e. The van der Waals surface area contributed by atoms with Crippen molar-refractivity contribution in [3.63, 3.8) is 0 Å². The Labute approximate surface area is 172 Å². The molecule has 0 saturated carbocycles. The molecule has 12 heteroatoms. The van der Waals surface area contributed by atoms with Crippen molar-refractivity contribution in [1.82, 2.24) is 0 Å². The van der Waals surface area contributed by atoms with Crippen LogP contribution in [0.5, 0.6) is 0 Å². The average Bonchev–Trinajstić information content (AvgIpc) is 2.53. The number of halogens is 10. The lowest BCUT2D eigenvalue weighted by Crippen LogP contribution is -2.54. The van der Waals surface area contributed by atoms with Crippen LogP contribution in [0.25, 0.3) is 11.1 Å². The lowest BCUT2D eigenvalue weighted by molar-refractivity contribution is -0.331. The Hall–Kier alpha value is -0.650. The molecule has 0 aliphatic rings. The monoisotopic (exact) mass is 560 g/mol. The van der Waals surface area contributed by atoms with E-state index in [-0.39, 0.29) is 25.1 Å². The van der Waals surface area contributed by atoms with Crippen molar-refractivity contribution >= 4 is 54.3 Å². The van der Waals surface area contributed by atoms with Crippen molar-refractivity contribution in [2.45, 2.75) is 22.2 Å². The van der Waals surface area contributed by atoms with Gasteiger partial charge >= 0.3 is 17.4 Å². The third-order valence-electron chi connectivity index (χ3n) is 3.31. The van der Waals surface area contributed by atoms with Gasteiger partial charge in [0.15, 0.2) is 0 Å². The predicted molar refractivity (Wildman–Crippen MR) is 94.6 cm³/mol. The van der Waals surface area contributed by atoms with E-state index in [1.807, 2.05) is 0 Å². The third-order valence-corrected chi connectivity index (χ3v) is 6.08. The van der Waals surface area contributed by atoms with E-state index in [9.17, 15) is 34.9 Å². The molecule has 0 aliphatic carbocycles. The number of hydrogen-bond donors (Lipinski definition) is 0. The lowest BCUT2D eigenvalue weighted by atomic mass is 10.1. The molecule has 0 amide bonds. The highest BCUT2D eigenvalue weighted by molar-refractivity contribution is 9.11.